The molecule has 2 fully saturated rings. The van der Waals surface area contributed by atoms with E-state index in [1.807, 2.05) is 25.1 Å². The topological polar surface area (TPSA) is 61.8 Å². The number of benzene rings is 1. The Labute approximate surface area is 148 Å². The van der Waals surface area contributed by atoms with Gasteiger partial charge in [0.25, 0.3) is 0 Å². The molecule has 2 aliphatic carbocycles. The fraction of sp³-hybridized carbons (Fsp3) is 0.600. The van der Waals surface area contributed by atoms with Crippen molar-refractivity contribution in [2.45, 2.75) is 57.8 Å². The molecule has 3 unspecified atom stereocenters. The van der Waals surface area contributed by atoms with E-state index in [4.69, 9.17) is 14.2 Å². The summed E-state index contributed by atoms with van der Waals surface area (Å²) in [6, 6.07) is 5.77. The first-order valence-electron chi connectivity index (χ1n) is 8.93. The van der Waals surface area contributed by atoms with Gasteiger partial charge in [0.1, 0.15) is 12.9 Å². The lowest BCUT2D eigenvalue weighted by atomic mass is 9.84. The van der Waals surface area contributed by atoms with E-state index in [0.29, 0.717) is 12.2 Å². The molecule has 3 rings (SSSR count). The third-order valence-corrected chi connectivity index (χ3v) is 5.54. The summed E-state index contributed by atoms with van der Waals surface area (Å²) in [5.74, 6) is -0.318. The largest absolute Gasteiger partial charge is 0.465 e. The molecule has 0 saturated heterocycles. The van der Waals surface area contributed by atoms with Crippen molar-refractivity contribution in [2.75, 3.05) is 13.7 Å². The first-order valence-corrected chi connectivity index (χ1v) is 8.93. The van der Waals surface area contributed by atoms with E-state index in [1.54, 1.807) is 0 Å². The molecule has 25 heavy (non-hydrogen) atoms. The van der Waals surface area contributed by atoms with Crippen LogP contribution in [0.1, 0.15) is 53.6 Å². The minimum Gasteiger partial charge on any atom is -0.465 e. The molecule has 0 aliphatic heterocycles. The first-order chi connectivity index (χ1) is 12.1. The van der Waals surface area contributed by atoms with E-state index in [2.05, 4.69) is 0 Å². The summed E-state index contributed by atoms with van der Waals surface area (Å²) in [5, 5.41) is 0. The predicted molar refractivity (Wildman–Crippen MR) is 92.4 cm³/mol. The van der Waals surface area contributed by atoms with Gasteiger partial charge >= 0.3 is 5.97 Å². The molecule has 0 N–H and O–H groups in total. The highest BCUT2D eigenvalue weighted by Gasteiger charge is 2.56. The van der Waals surface area contributed by atoms with E-state index < -0.39 is 0 Å². The molecule has 0 heterocycles. The second kappa shape index (κ2) is 7.67. The summed E-state index contributed by atoms with van der Waals surface area (Å²) in [6.07, 6.45) is 6.47. The number of aryl methyl sites for hydroxylation is 1. The Morgan fingerprint density at radius 1 is 1.32 bits per heavy atom. The van der Waals surface area contributed by atoms with Crippen molar-refractivity contribution in [1.29, 1.82) is 0 Å². The number of carbonyl (C=O) groups excluding carboxylic acids is 2. The van der Waals surface area contributed by atoms with Gasteiger partial charge in [0.2, 0.25) is 0 Å². The molecule has 0 radical (unpaired) electrons. The average molecular weight is 346 g/mol. The van der Waals surface area contributed by atoms with Gasteiger partial charge in [-0.05, 0) is 43.7 Å². The average Bonchev–Trinajstić information content (AvgIpc) is 3.28. The summed E-state index contributed by atoms with van der Waals surface area (Å²) in [4.78, 5) is 22.5. The van der Waals surface area contributed by atoms with E-state index >= 15 is 0 Å². The van der Waals surface area contributed by atoms with Crippen LogP contribution in [-0.4, -0.2) is 38.2 Å². The molecule has 0 bridgehead atoms. The lowest BCUT2D eigenvalue weighted by Crippen LogP contribution is -2.27. The number of esters is 1. The standard InChI is InChI=1S/C20H26O5/c1-14-5-3-6-15(18(14)19(22)23-2)13-25-16-7-4-8-20(11-16)12-17(20)24-10-9-21/h3,5-6,9,16-17H,4,7-8,10-13H2,1-2H3. The molecule has 5 heteroatoms. The van der Waals surface area contributed by atoms with Crippen molar-refractivity contribution in [2.24, 2.45) is 5.41 Å². The fourth-order valence-corrected chi connectivity index (χ4v) is 4.11. The summed E-state index contributed by atoms with van der Waals surface area (Å²) >= 11 is 0. The van der Waals surface area contributed by atoms with Gasteiger partial charge in [-0.25, -0.2) is 4.79 Å². The molecule has 1 aromatic carbocycles. The third-order valence-electron chi connectivity index (χ3n) is 5.54. The molecule has 136 valence electrons. The van der Waals surface area contributed by atoms with Crippen molar-refractivity contribution >= 4 is 12.3 Å². The molecule has 3 atom stereocenters. The van der Waals surface area contributed by atoms with Gasteiger partial charge in [-0.15, -0.1) is 0 Å². The normalized spacial score (nSPS) is 27.9. The van der Waals surface area contributed by atoms with Crippen molar-refractivity contribution in [3.8, 4) is 0 Å². The minimum absolute atomic E-state index is 0.171. The summed E-state index contributed by atoms with van der Waals surface area (Å²) in [6.45, 7) is 2.50. The highest BCUT2D eigenvalue weighted by Crippen LogP contribution is 2.58. The zero-order chi connectivity index (χ0) is 17.9. The van der Waals surface area contributed by atoms with Crippen LogP contribution in [0.4, 0.5) is 0 Å². The number of hydrogen-bond acceptors (Lipinski definition) is 5. The van der Waals surface area contributed by atoms with Gasteiger partial charge in [0, 0.05) is 5.41 Å². The molecule has 1 spiro atoms. The Hall–Kier alpha value is -1.72. The first kappa shape index (κ1) is 18.1. The predicted octanol–water partition coefficient (Wildman–Crippen LogP) is 3.22. The molecule has 0 amide bonds. The highest BCUT2D eigenvalue weighted by molar-refractivity contribution is 5.92. The molecule has 2 aliphatic rings. The van der Waals surface area contributed by atoms with Crippen LogP contribution >= 0.6 is 0 Å². The van der Waals surface area contributed by atoms with E-state index in [0.717, 1.165) is 49.5 Å². The Kier molecular flexibility index (Phi) is 5.54. The molecule has 1 aromatic rings. The van der Waals surface area contributed by atoms with Gasteiger partial charge in [-0.1, -0.05) is 24.6 Å². The van der Waals surface area contributed by atoms with E-state index in [9.17, 15) is 9.59 Å². The fourth-order valence-electron chi connectivity index (χ4n) is 4.11. The summed E-state index contributed by atoms with van der Waals surface area (Å²) in [5.41, 5.74) is 2.58. The summed E-state index contributed by atoms with van der Waals surface area (Å²) in [7, 11) is 1.40. The third kappa shape index (κ3) is 3.93. The quantitative estimate of drug-likeness (QED) is 0.560. The van der Waals surface area contributed by atoms with Crippen LogP contribution in [0.2, 0.25) is 0 Å². The van der Waals surface area contributed by atoms with Gasteiger partial charge in [0.15, 0.2) is 0 Å². The van der Waals surface area contributed by atoms with E-state index in [-0.39, 0.29) is 30.2 Å². The lowest BCUT2D eigenvalue weighted by Gasteiger charge is -2.30. The Morgan fingerprint density at radius 2 is 2.16 bits per heavy atom. The van der Waals surface area contributed by atoms with Crippen molar-refractivity contribution in [3.63, 3.8) is 0 Å². The Balaban J connectivity index is 1.60. The monoisotopic (exact) mass is 346 g/mol. The van der Waals surface area contributed by atoms with Gasteiger partial charge < -0.3 is 19.0 Å². The van der Waals surface area contributed by atoms with Crippen molar-refractivity contribution in [1.82, 2.24) is 0 Å². The van der Waals surface area contributed by atoms with Crippen LogP contribution in [0.3, 0.4) is 0 Å². The van der Waals surface area contributed by atoms with Crippen LogP contribution in [-0.2, 0) is 25.6 Å². The Morgan fingerprint density at radius 3 is 2.92 bits per heavy atom. The van der Waals surface area contributed by atoms with Crippen LogP contribution in [0.15, 0.2) is 18.2 Å². The smallest absolute Gasteiger partial charge is 0.338 e. The molecular formula is C20H26O5. The number of aldehydes is 1. The van der Waals surface area contributed by atoms with Crippen LogP contribution in [0, 0.1) is 12.3 Å². The van der Waals surface area contributed by atoms with Crippen LogP contribution in [0.5, 0.6) is 0 Å². The second-order valence-electron chi connectivity index (χ2n) is 7.19. The van der Waals surface area contributed by atoms with Gasteiger partial charge in [0.05, 0.1) is 31.5 Å². The molecule has 2 saturated carbocycles. The number of ether oxygens (including phenoxy) is 3. The summed E-state index contributed by atoms with van der Waals surface area (Å²) < 4.78 is 16.7. The highest BCUT2D eigenvalue weighted by atomic mass is 16.5. The minimum atomic E-state index is -0.318. The zero-order valence-electron chi connectivity index (χ0n) is 15.0. The van der Waals surface area contributed by atoms with Crippen LogP contribution in [0.25, 0.3) is 0 Å². The van der Waals surface area contributed by atoms with Crippen molar-refractivity contribution in [3.05, 3.63) is 34.9 Å². The number of carbonyl (C=O) groups is 2. The molecular weight excluding hydrogens is 320 g/mol. The maximum absolute atomic E-state index is 12.0. The Bertz CT molecular complexity index is 641. The lowest BCUT2D eigenvalue weighted by molar-refractivity contribution is -0.113. The molecule has 5 nitrogen and oxygen atoms in total. The van der Waals surface area contributed by atoms with Gasteiger partial charge in [-0.3, -0.25) is 0 Å². The van der Waals surface area contributed by atoms with E-state index in [1.165, 1.54) is 7.11 Å². The number of hydrogen-bond donors (Lipinski definition) is 0. The second-order valence-corrected chi connectivity index (χ2v) is 7.19. The number of rotatable bonds is 7. The zero-order valence-corrected chi connectivity index (χ0v) is 15.0. The van der Waals surface area contributed by atoms with Crippen LogP contribution < -0.4 is 0 Å². The van der Waals surface area contributed by atoms with Crippen molar-refractivity contribution < 1.29 is 23.8 Å². The SMILES string of the molecule is COC(=O)c1c(C)cccc1COC1CCCC2(C1)CC2OCC=O. The maximum atomic E-state index is 12.0. The molecule has 0 aromatic heterocycles. The maximum Gasteiger partial charge on any atom is 0.338 e. The van der Waals surface area contributed by atoms with Gasteiger partial charge in [-0.2, -0.15) is 0 Å². The number of methoxy groups -OCH3 is 1.